The molecule has 0 radical (unpaired) electrons. The molecule has 0 unspecified atom stereocenters. The molecule has 0 saturated carbocycles. The van der Waals surface area contributed by atoms with E-state index < -0.39 is 0 Å². The lowest BCUT2D eigenvalue weighted by Crippen LogP contribution is -2.35. The number of pyridine rings is 1. The highest BCUT2D eigenvalue weighted by molar-refractivity contribution is 6.31. The molecule has 1 rings (SSSR count). The van der Waals surface area contributed by atoms with Crippen molar-refractivity contribution in [2.24, 2.45) is 0 Å². The summed E-state index contributed by atoms with van der Waals surface area (Å²) in [4.78, 5) is 6.31. The van der Waals surface area contributed by atoms with Crippen LogP contribution in [0.25, 0.3) is 0 Å². The van der Waals surface area contributed by atoms with Crippen LogP contribution < -0.4 is 10.1 Å². The maximum Gasteiger partial charge on any atom is 0.232 e. The predicted octanol–water partition coefficient (Wildman–Crippen LogP) is 2.56. The highest BCUT2D eigenvalue weighted by Gasteiger charge is 2.10. The first-order valence-electron chi connectivity index (χ1n) is 6.45. The van der Waals surface area contributed by atoms with Gasteiger partial charge in [0.25, 0.3) is 0 Å². The van der Waals surface area contributed by atoms with Crippen molar-refractivity contribution in [1.82, 2.24) is 15.2 Å². The Kier molecular flexibility index (Phi) is 6.04. The average Bonchev–Trinajstić information content (AvgIpc) is 2.27. The van der Waals surface area contributed by atoms with Gasteiger partial charge in [-0.2, -0.15) is 0 Å². The molecule has 108 valence electrons. The molecule has 0 atom stereocenters. The molecular formula is C14H24ClN3O. The Morgan fingerprint density at radius 2 is 2.05 bits per heavy atom. The van der Waals surface area contributed by atoms with Gasteiger partial charge in [0.2, 0.25) is 5.88 Å². The van der Waals surface area contributed by atoms with Crippen molar-refractivity contribution in [1.29, 1.82) is 0 Å². The molecule has 0 amide bonds. The second-order valence-electron chi connectivity index (χ2n) is 5.89. The van der Waals surface area contributed by atoms with Crippen molar-refractivity contribution in [3.63, 3.8) is 0 Å². The first-order chi connectivity index (χ1) is 8.78. The first-order valence-corrected chi connectivity index (χ1v) is 6.83. The van der Waals surface area contributed by atoms with Gasteiger partial charge >= 0.3 is 0 Å². The minimum absolute atomic E-state index is 0.0767. The number of halogens is 1. The number of hydrogen-bond acceptors (Lipinski definition) is 4. The van der Waals surface area contributed by atoms with Crippen LogP contribution in [0.3, 0.4) is 0 Å². The van der Waals surface area contributed by atoms with Gasteiger partial charge in [-0.25, -0.2) is 4.98 Å². The third-order valence-corrected chi connectivity index (χ3v) is 2.73. The Hall–Kier alpha value is -0.840. The molecule has 5 heteroatoms. The lowest BCUT2D eigenvalue weighted by Gasteiger charge is -2.20. The van der Waals surface area contributed by atoms with Crippen molar-refractivity contribution in [3.05, 3.63) is 22.8 Å². The zero-order chi connectivity index (χ0) is 14.5. The number of nitrogens with zero attached hydrogens (tertiary/aromatic N) is 2. The molecule has 0 aliphatic rings. The normalized spacial score (nSPS) is 11.9. The molecule has 0 spiro atoms. The SMILES string of the molecule is CN(C)CCOc1ncc(CNC(C)(C)C)cc1Cl. The van der Waals surface area contributed by atoms with E-state index in [-0.39, 0.29) is 5.54 Å². The zero-order valence-corrected chi connectivity index (χ0v) is 13.2. The van der Waals surface area contributed by atoms with E-state index in [1.165, 1.54) is 0 Å². The number of ether oxygens (including phenoxy) is 1. The van der Waals surface area contributed by atoms with Gasteiger partial charge in [0.15, 0.2) is 0 Å². The molecular weight excluding hydrogens is 262 g/mol. The maximum atomic E-state index is 6.17. The Morgan fingerprint density at radius 3 is 2.58 bits per heavy atom. The van der Waals surface area contributed by atoms with E-state index in [4.69, 9.17) is 16.3 Å². The van der Waals surface area contributed by atoms with E-state index in [2.05, 4.69) is 36.0 Å². The van der Waals surface area contributed by atoms with E-state index in [0.717, 1.165) is 18.7 Å². The van der Waals surface area contributed by atoms with Crippen LogP contribution in [0.1, 0.15) is 26.3 Å². The smallest absolute Gasteiger partial charge is 0.232 e. The van der Waals surface area contributed by atoms with Crippen LogP contribution >= 0.6 is 11.6 Å². The first kappa shape index (κ1) is 16.2. The van der Waals surface area contributed by atoms with E-state index in [0.29, 0.717) is 17.5 Å². The highest BCUT2D eigenvalue weighted by atomic mass is 35.5. The van der Waals surface area contributed by atoms with Crippen LogP contribution in [0.2, 0.25) is 5.02 Å². The molecule has 4 nitrogen and oxygen atoms in total. The third kappa shape index (κ3) is 6.76. The van der Waals surface area contributed by atoms with Gasteiger partial charge in [-0.05, 0) is 46.5 Å². The molecule has 1 aromatic heterocycles. The minimum Gasteiger partial charge on any atom is -0.475 e. The van der Waals surface area contributed by atoms with E-state index in [9.17, 15) is 0 Å². The van der Waals surface area contributed by atoms with Crippen LogP contribution in [0.5, 0.6) is 5.88 Å². The van der Waals surface area contributed by atoms with Gasteiger partial charge in [-0.15, -0.1) is 0 Å². The van der Waals surface area contributed by atoms with Crippen LogP contribution in [0.15, 0.2) is 12.3 Å². The molecule has 0 aliphatic heterocycles. The van der Waals surface area contributed by atoms with Crippen LogP contribution in [-0.2, 0) is 6.54 Å². The molecule has 0 bridgehead atoms. The fourth-order valence-corrected chi connectivity index (χ4v) is 1.60. The highest BCUT2D eigenvalue weighted by Crippen LogP contribution is 2.22. The Bertz CT molecular complexity index is 402. The average molecular weight is 286 g/mol. The summed E-state index contributed by atoms with van der Waals surface area (Å²) in [5.74, 6) is 0.503. The number of hydrogen-bond donors (Lipinski definition) is 1. The molecule has 19 heavy (non-hydrogen) atoms. The molecule has 1 N–H and O–H groups in total. The lowest BCUT2D eigenvalue weighted by atomic mass is 10.1. The van der Waals surface area contributed by atoms with E-state index >= 15 is 0 Å². The molecule has 1 heterocycles. The van der Waals surface area contributed by atoms with Crippen molar-refractivity contribution < 1.29 is 4.74 Å². The quantitative estimate of drug-likeness (QED) is 0.872. The Balaban J connectivity index is 2.54. The van der Waals surface area contributed by atoms with Crippen LogP contribution in [-0.4, -0.2) is 42.7 Å². The second kappa shape index (κ2) is 7.08. The van der Waals surface area contributed by atoms with Gasteiger partial charge in [0.05, 0.1) is 0 Å². The molecule has 0 aliphatic carbocycles. The van der Waals surface area contributed by atoms with Crippen molar-refractivity contribution in [3.8, 4) is 5.88 Å². The summed E-state index contributed by atoms with van der Waals surface area (Å²) in [7, 11) is 4.00. The van der Waals surface area contributed by atoms with Gasteiger partial charge in [0.1, 0.15) is 11.6 Å². The Labute approximate surface area is 121 Å². The fraction of sp³-hybridized carbons (Fsp3) is 0.643. The number of aromatic nitrogens is 1. The van der Waals surface area contributed by atoms with Gasteiger partial charge in [-0.3, -0.25) is 0 Å². The Morgan fingerprint density at radius 1 is 1.37 bits per heavy atom. The lowest BCUT2D eigenvalue weighted by molar-refractivity contribution is 0.254. The number of nitrogens with one attached hydrogen (secondary N) is 1. The minimum atomic E-state index is 0.0767. The summed E-state index contributed by atoms with van der Waals surface area (Å²) in [5.41, 5.74) is 1.13. The monoisotopic (exact) mass is 285 g/mol. The summed E-state index contributed by atoms with van der Waals surface area (Å²) >= 11 is 6.17. The van der Waals surface area contributed by atoms with Crippen molar-refractivity contribution in [2.45, 2.75) is 32.9 Å². The van der Waals surface area contributed by atoms with Gasteiger partial charge < -0.3 is 15.0 Å². The topological polar surface area (TPSA) is 37.4 Å². The van der Waals surface area contributed by atoms with E-state index in [1.807, 2.05) is 20.2 Å². The molecule has 1 aromatic rings. The second-order valence-corrected chi connectivity index (χ2v) is 6.29. The van der Waals surface area contributed by atoms with Gasteiger partial charge in [0, 0.05) is 24.8 Å². The summed E-state index contributed by atoms with van der Waals surface area (Å²) in [5, 5.41) is 3.96. The van der Waals surface area contributed by atoms with Crippen molar-refractivity contribution >= 4 is 11.6 Å². The fourth-order valence-electron chi connectivity index (χ4n) is 1.36. The van der Waals surface area contributed by atoms with E-state index in [1.54, 1.807) is 6.20 Å². The molecule has 0 aromatic carbocycles. The third-order valence-electron chi connectivity index (χ3n) is 2.46. The molecule has 0 saturated heterocycles. The van der Waals surface area contributed by atoms with Gasteiger partial charge in [-0.1, -0.05) is 11.6 Å². The number of likely N-dealkylation sites (N-methyl/N-ethyl adjacent to an activating group) is 1. The largest absolute Gasteiger partial charge is 0.475 e. The van der Waals surface area contributed by atoms with Crippen LogP contribution in [0.4, 0.5) is 0 Å². The predicted molar refractivity (Wildman–Crippen MR) is 79.9 cm³/mol. The zero-order valence-electron chi connectivity index (χ0n) is 12.5. The van der Waals surface area contributed by atoms with Crippen LogP contribution in [0, 0.1) is 0 Å². The summed E-state index contributed by atoms with van der Waals surface area (Å²) in [6.45, 7) is 8.54. The summed E-state index contributed by atoms with van der Waals surface area (Å²) in [6.07, 6.45) is 1.80. The van der Waals surface area contributed by atoms with Crippen molar-refractivity contribution in [2.75, 3.05) is 27.2 Å². The number of rotatable bonds is 6. The standard InChI is InChI=1S/C14H24ClN3O/c1-14(2,3)17-10-11-8-12(15)13(16-9-11)19-7-6-18(4)5/h8-9,17H,6-7,10H2,1-5H3. The molecule has 0 fully saturated rings. The summed E-state index contributed by atoms with van der Waals surface area (Å²) < 4.78 is 5.54. The maximum absolute atomic E-state index is 6.17. The summed E-state index contributed by atoms with van der Waals surface area (Å²) in [6, 6.07) is 1.90.